The lowest BCUT2D eigenvalue weighted by atomic mass is 9.94. The van der Waals surface area contributed by atoms with Gasteiger partial charge in [-0.2, -0.15) is 11.8 Å². The Morgan fingerprint density at radius 3 is 2.58 bits per heavy atom. The minimum absolute atomic E-state index is 0.0771. The molecule has 3 nitrogen and oxygen atoms in total. The number of nitrogens with two attached hydrogens (primary N) is 1. The van der Waals surface area contributed by atoms with Crippen molar-refractivity contribution in [2.75, 3.05) is 11.5 Å². The Bertz CT molecular complexity index is 404. The summed E-state index contributed by atoms with van der Waals surface area (Å²) in [4.78, 5) is 12.2. The number of rotatable bonds is 4. The standard InChI is InChI=1S/C15H22N2OS/c1-11(14(16)12-5-3-2-4-6-12)15(18)17-13-7-9-19-10-8-13/h2-6,11,13-14H,7-10,16H2,1H3,(H,17,18). The summed E-state index contributed by atoms with van der Waals surface area (Å²) in [5, 5.41) is 3.14. The van der Waals surface area contributed by atoms with Crippen molar-refractivity contribution in [2.24, 2.45) is 11.7 Å². The smallest absolute Gasteiger partial charge is 0.224 e. The van der Waals surface area contributed by atoms with E-state index in [9.17, 15) is 4.79 Å². The van der Waals surface area contributed by atoms with Gasteiger partial charge in [-0.15, -0.1) is 0 Å². The van der Waals surface area contributed by atoms with Gasteiger partial charge in [-0.3, -0.25) is 4.79 Å². The SMILES string of the molecule is CC(C(=O)NC1CCSCC1)C(N)c1ccccc1. The number of carbonyl (C=O) groups excluding carboxylic acids is 1. The molecule has 0 spiro atoms. The van der Waals surface area contributed by atoms with Crippen LogP contribution in [0.5, 0.6) is 0 Å². The third-order valence-corrected chi connectivity index (χ3v) is 4.75. The van der Waals surface area contributed by atoms with Gasteiger partial charge in [-0.25, -0.2) is 0 Å². The highest BCUT2D eigenvalue weighted by atomic mass is 32.2. The van der Waals surface area contributed by atoms with E-state index in [2.05, 4.69) is 5.32 Å². The van der Waals surface area contributed by atoms with Crippen molar-refractivity contribution in [3.8, 4) is 0 Å². The second kappa shape index (κ2) is 6.96. The Hall–Kier alpha value is -1.00. The van der Waals surface area contributed by atoms with Crippen molar-refractivity contribution in [2.45, 2.75) is 31.8 Å². The van der Waals surface area contributed by atoms with Crippen LogP contribution in [-0.2, 0) is 4.79 Å². The Labute approximate surface area is 119 Å². The molecule has 3 N–H and O–H groups in total. The summed E-state index contributed by atoms with van der Waals surface area (Å²) in [7, 11) is 0. The molecule has 1 aromatic rings. The first-order valence-corrected chi connectivity index (χ1v) is 8.02. The molecular weight excluding hydrogens is 256 g/mol. The van der Waals surface area contributed by atoms with E-state index >= 15 is 0 Å². The number of hydrogen-bond donors (Lipinski definition) is 2. The summed E-state index contributed by atoms with van der Waals surface area (Å²) in [6.45, 7) is 1.91. The van der Waals surface area contributed by atoms with Crippen LogP contribution in [0.4, 0.5) is 0 Å². The maximum Gasteiger partial charge on any atom is 0.224 e. The lowest BCUT2D eigenvalue weighted by molar-refractivity contribution is -0.125. The maximum atomic E-state index is 12.2. The van der Waals surface area contributed by atoms with Gasteiger partial charge in [0.15, 0.2) is 0 Å². The second-order valence-corrected chi connectivity index (χ2v) is 6.35. The molecule has 104 valence electrons. The lowest BCUT2D eigenvalue weighted by Crippen LogP contribution is -2.42. The normalized spacial score (nSPS) is 19.7. The van der Waals surface area contributed by atoms with Crippen molar-refractivity contribution >= 4 is 17.7 Å². The molecule has 19 heavy (non-hydrogen) atoms. The molecule has 1 aliphatic heterocycles. The van der Waals surface area contributed by atoms with Gasteiger partial charge in [-0.05, 0) is 29.9 Å². The molecule has 1 fully saturated rings. The van der Waals surface area contributed by atoms with E-state index in [0.29, 0.717) is 6.04 Å². The van der Waals surface area contributed by atoms with Crippen LogP contribution in [-0.4, -0.2) is 23.5 Å². The highest BCUT2D eigenvalue weighted by molar-refractivity contribution is 7.99. The molecule has 0 saturated carbocycles. The molecule has 0 bridgehead atoms. The summed E-state index contributed by atoms with van der Waals surface area (Å²) in [5.41, 5.74) is 7.20. The van der Waals surface area contributed by atoms with Crippen molar-refractivity contribution in [1.29, 1.82) is 0 Å². The Morgan fingerprint density at radius 2 is 1.95 bits per heavy atom. The van der Waals surface area contributed by atoms with Crippen LogP contribution >= 0.6 is 11.8 Å². The third kappa shape index (κ3) is 3.98. The number of amides is 1. The molecule has 2 unspecified atom stereocenters. The quantitative estimate of drug-likeness (QED) is 0.889. The Balaban J connectivity index is 1.91. The van der Waals surface area contributed by atoms with Crippen LogP contribution in [0.1, 0.15) is 31.4 Å². The number of carbonyl (C=O) groups is 1. The zero-order chi connectivity index (χ0) is 13.7. The van der Waals surface area contributed by atoms with E-state index in [1.807, 2.05) is 49.0 Å². The molecule has 0 radical (unpaired) electrons. The largest absolute Gasteiger partial charge is 0.353 e. The number of thioether (sulfide) groups is 1. The molecule has 1 aromatic carbocycles. The van der Waals surface area contributed by atoms with Gasteiger partial charge in [0.1, 0.15) is 0 Å². The van der Waals surface area contributed by atoms with Crippen molar-refractivity contribution in [3.05, 3.63) is 35.9 Å². The molecular formula is C15H22N2OS. The molecule has 0 aliphatic carbocycles. The lowest BCUT2D eigenvalue weighted by Gasteiger charge is -2.26. The van der Waals surface area contributed by atoms with E-state index in [0.717, 1.165) is 29.9 Å². The fourth-order valence-electron chi connectivity index (χ4n) is 2.30. The van der Waals surface area contributed by atoms with Gasteiger partial charge in [0, 0.05) is 12.1 Å². The van der Waals surface area contributed by atoms with Gasteiger partial charge in [0.2, 0.25) is 5.91 Å². The summed E-state index contributed by atoms with van der Waals surface area (Å²) >= 11 is 1.96. The molecule has 1 heterocycles. The van der Waals surface area contributed by atoms with Gasteiger partial charge in [0.25, 0.3) is 0 Å². The van der Waals surface area contributed by atoms with Gasteiger partial charge in [-0.1, -0.05) is 37.3 Å². The fourth-order valence-corrected chi connectivity index (χ4v) is 3.41. The third-order valence-electron chi connectivity index (χ3n) is 3.70. The summed E-state index contributed by atoms with van der Waals surface area (Å²) < 4.78 is 0. The van der Waals surface area contributed by atoms with E-state index in [1.165, 1.54) is 0 Å². The molecule has 2 atom stereocenters. The fraction of sp³-hybridized carbons (Fsp3) is 0.533. The first-order valence-electron chi connectivity index (χ1n) is 6.87. The van der Waals surface area contributed by atoms with E-state index in [-0.39, 0.29) is 17.9 Å². The molecule has 1 saturated heterocycles. The van der Waals surface area contributed by atoms with Crippen molar-refractivity contribution < 1.29 is 4.79 Å². The van der Waals surface area contributed by atoms with Crippen LogP contribution in [0.3, 0.4) is 0 Å². The highest BCUT2D eigenvalue weighted by Crippen LogP contribution is 2.21. The molecule has 2 rings (SSSR count). The monoisotopic (exact) mass is 278 g/mol. The minimum Gasteiger partial charge on any atom is -0.353 e. The molecule has 1 amide bonds. The Kier molecular flexibility index (Phi) is 5.28. The van der Waals surface area contributed by atoms with Gasteiger partial charge < -0.3 is 11.1 Å². The van der Waals surface area contributed by atoms with Crippen LogP contribution in [0, 0.1) is 5.92 Å². The van der Waals surface area contributed by atoms with Crippen LogP contribution < -0.4 is 11.1 Å². The van der Waals surface area contributed by atoms with E-state index in [1.54, 1.807) is 0 Å². The summed E-state index contributed by atoms with van der Waals surface area (Å²) in [6, 6.07) is 9.92. The zero-order valence-electron chi connectivity index (χ0n) is 11.3. The van der Waals surface area contributed by atoms with E-state index < -0.39 is 0 Å². The first-order chi connectivity index (χ1) is 9.18. The molecule has 4 heteroatoms. The summed E-state index contributed by atoms with van der Waals surface area (Å²) in [6.07, 6.45) is 2.15. The van der Waals surface area contributed by atoms with Crippen LogP contribution in [0.25, 0.3) is 0 Å². The zero-order valence-corrected chi connectivity index (χ0v) is 12.2. The van der Waals surface area contributed by atoms with Crippen molar-refractivity contribution in [3.63, 3.8) is 0 Å². The van der Waals surface area contributed by atoms with E-state index in [4.69, 9.17) is 5.73 Å². The number of nitrogens with one attached hydrogen (secondary N) is 1. The first kappa shape index (κ1) is 14.4. The summed E-state index contributed by atoms with van der Waals surface area (Å²) in [5.74, 6) is 2.17. The van der Waals surface area contributed by atoms with Crippen molar-refractivity contribution in [1.82, 2.24) is 5.32 Å². The van der Waals surface area contributed by atoms with Crippen LogP contribution in [0.2, 0.25) is 0 Å². The Morgan fingerprint density at radius 1 is 1.32 bits per heavy atom. The molecule has 0 aromatic heterocycles. The second-order valence-electron chi connectivity index (χ2n) is 5.12. The predicted molar refractivity (Wildman–Crippen MR) is 81.0 cm³/mol. The topological polar surface area (TPSA) is 55.1 Å². The van der Waals surface area contributed by atoms with Gasteiger partial charge in [0.05, 0.1) is 5.92 Å². The molecule has 1 aliphatic rings. The highest BCUT2D eigenvalue weighted by Gasteiger charge is 2.24. The predicted octanol–water partition coefficient (Wildman–Crippen LogP) is 2.33. The number of hydrogen-bond acceptors (Lipinski definition) is 3. The average molecular weight is 278 g/mol. The maximum absolute atomic E-state index is 12.2. The van der Waals surface area contributed by atoms with Gasteiger partial charge >= 0.3 is 0 Å². The number of benzene rings is 1. The van der Waals surface area contributed by atoms with Crippen LogP contribution in [0.15, 0.2) is 30.3 Å². The average Bonchev–Trinajstić information content (AvgIpc) is 2.47. The minimum atomic E-state index is -0.237.